The normalized spacial score (nSPS) is 32.4. The average Bonchev–Trinajstić information content (AvgIpc) is 2.39. The van der Waals surface area contributed by atoms with Crippen LogP contribution in [0.5, 0.6) is 5.75 Å². The van der Waals surface area contributed by atoms with Crippen LogP contribution in [-0.2, 0) is 0 Å². The Balaban J connectivity index is 2.08. The maximum Gasteiger partial charge on any atom is 0.186 e. The highest BCUT2D eigenvalue weighted by molar-refractivity contribution is 7.80. The molecule has 4 heteroatoms. The lowest BCUT2D eigenvalue weighted by atomic mass is 9.81. The van der Waals surface area contributed by atoms with Crippen molar-refractivity contribution >= 4 is 17.3 Å². The summed E-state index contributed by atoms with van der Waals surface area (Å²) < 4.78 is 6.34. The molecule has 1 aromatic carbocycles. The maximum absolute atomic E-state index is 6.34. The van der Waals surface area contributed by atoms with E-state index < -0.39 is 0 Å². The Morgan fingerprint density at radius 1 is 1.42 bits per heavy atom. The molecule has 0 spiro atoms. The highest BCUT2D eigenvalue weighted by Gasteiger charge is 2.52. The first kappa shape index (κ1) is 12.7. The number of fused-ring (bicyclic) bond motifs is 4. The summed E-state index contributed by atoms with van der Waals surface area (Å²) in [4.78, 5) is 2.19. The molecule has 0 aromatic heterocycles. The number of hydrogen-bond donors (Lipinski definition) is 1. The zero-order valence-electron chi connectivity index (χ0n) is 11.6. The Kier molecular flexibility index (Phi) is 2.93. The van der Waals surface area contributed by atoms with Crippen LogP contribution in [0.1, 0.15) is 38.8 Å². The summed E-state index contributed by atoms with van der Waals surface area (Å²) in [5, 5.41) is 4.30. The third-order valence-corrected chi connectivity index (χ3v) is 4.76. The van der Waals surface area contributed by atoms with Crippen molar-refractivity contribution in [3.63, 3.8) is 0 Å². The van der Waals surface area contributed by atoms with E-state index in [4.69, 9.17) is 17.0 Å². The number of para-hydroxylation sites is 1. The van der Waals surface area contributed by atoms with E-state index in [1.807, 2.05) is 12.1 Å². The molecule has 2 heterocycles. The van der Waals surface area contributed by atoms with E-state index in [-0.39, 0.29) is 11.8 Å². The highest BCUT2D eigenvalue weighted by atomic mass is 32.1. The molecule has 3 atom stereocenters. The number of hydrogen-bond acceptors (Lipinski definition) is 2. The second-order valence-electron chi connectivity index (χ2n) is 5.56. The van der Waals surface area contributed by atoms with E-state index in [2.05, 4.69) is 43.1 Å². The van der Waals surface area contributed by atoms with Gasteiger partial charge in [0.25, 0.3) is 0 Å². The van der Waals surface area contributed by atoms with Crippen LogP contribution in [0.4, 0.5) is 0 Å². The van der Waals surface area contributed by atoms with Gasteiger partial charge in [-0.05, 0) is 31.6 Å². The van der Waals surface area contributed by atoms with Crippen molar-refractivity contribution in [1.82, 2.24) is 10.2 Å². The van der Waals surface area contributed by atoms with Gasteiger partial charge in [0, 0.05) is 18.0 Å². The van der Waals surface area contributed by atoms with Gasteiger partial charge in [-0.2, -0.15) is 0 Å². The third kappa shape index (κ3) is 1.73. The summed E-state index contributed by atoms with van der Waals surface area (Å²) in [5.41, 5.74) is 0.864. The summed E-state index contributed by atoms with van der Waals surface area (Å²) in [6.45, 7) is 7.47. The first-order valence-electron chi connectivity index (χ1n) is 6.94. The predicted octanol–water partition coefficient (Wildman–Crippen LogP) is 3.07. The van der Waals surface area contributed by atoms with Crippen LogP contribution in [0, 0.1) is 5.92 Å². The lowest BCUT2D eigenvalue weighted by molar-refractivity contribution is -0.110. The second kappa shape index (κ2) is 4.37. The lowest BCUT2D eigenvalue weighted by Crippen LogP contribution is -2.68. The van der Waals surface area contributed by atoms with Gasteiger partial charge in [0.2, 0.25) is 0 Å². The Hall–Kier alpha value is -1.29. The zero-order valence-corrected chi connectivity index (χ0v) is 12.5. The molecule has 0 unspecified atom stereocenters. The van der Waals surface area contributed by atoms with Gasteiger partial charge in [-0.15, -0.1) is 0 Å². The number of benzene rings is 1. The summed E-state index contributed by atoms with van der Waals surface area (Å²) in [5.74, 6) is 1.32. The predicted molar refractivity (Wildman–Crippen MR) is 80.1 cm³/mol. The van der Waals surface area contributed by atoms with Crippen molar-refractivity contribution in [2.75, 3.05) is 6.54 Å². The van der Waals surface area contributed by atoms with Gasteiger partial charge in [0.05, 0.1) is 6.04 Å². The molecule has 1 saturated heterocycles. The second-order valence-corrected chi connectivity index (χ2v) is 5.95. The average molecular weight is 276 g/mol. The van der Waals surface area contributed by atoms with Gasteiger partial charge in [0.15, 0.2) is 10.8 Å². The van der Waals surface area contributed by atoms with Crippen LogP contribution in [0.15, 0.2) is 24.3 Å². The summed E-state index contributed by atoms with van der Waals surface area (Å²) in [6, 6.07) is 8.50. The Morgan fingerprint density at radius 2 is 2.16 bits per heavy atom. The van der Waals surface area contributed by atoms with Crippen molar-refractivity contribution < 1.29 is 4.74 Å². The standard InChI is InChI=1S/C15H20N2OS/c1-4-9-17-14(19)16-13-10(2)15(17,3)18-12-8-6-5-7-11(12)13/h5-8,10,13H,4,9H2,1-3H3,(H,16,19)/t10-,13+,15-/m0/s1. The van der Waals surface area contributed by atoms with Crippen molar-refractivity contribution in [2.24, 2.45) is 5.92 Å². The minimum absolute atomic E-state index is 0.246. The van der Waals surface area contributed by atoms with E-state index in [1.54, 1.807) is 0 Å². The monoisotopic (exact) mass is 276 g/mol. The number of nitrogens with zero attached hydrogens (tertiary/aromatic N) is 1. The number of thiocarbonyl (C=S) groups is 1. The molecule has 0 radical (unpaired) electrons. The van der Waals surface area contributed by atoms with E-state index in [0.29, 0.717) is 5.92 Å². The molecular formula is C15H20N2OS. The van der Waals surface area contributed by atoms with Crippen LogP contribution in [0.2, 0.25) is 0 Å². The van der Waals surface area contributed by atoms with Gasteiger partial charge in [-0.1, -0.05) is 32.0 Å². The van der Waals surface area contributed by atoms with E-state index in [9.17, 15) is 0 Å². The number of nitrogens with one attached hydrogen (secondary N) is 1. The minimum Gasteiger partial charge on any atom is -0.467 e. The molecule has 0 saturated carbocycles. The van der Waals surface area contributed by atoms with Gasteiger partial charge in [0.1, 0.15) is 5.75 Å². The Morgan fingerprint density at radius 3 is 2.89 bits per heavy atom. The van der Waals surface area contributed by atoms with Crippen molar-refractivity contribution in [3.05, 3.63) is 29.8 Å². The van der Waals surface area contributed by atoms with Crippen molar-refractivity contribution in [3.8, 4) is 5.75 Å². The fraction of sp³-hybridized carbons (Fsp3) is 0.533. The molecule has 19 heavy (non-hydrogen) atoms. The first-order chi connectivity index (χ1) is 9.08. The van der Waals surface area contributed by atoms with E-state index >= 15 is 0 Å². The fourth-order valence-electron chi connectivity index (χ4n) is 3.19. The van der Waals surface area contributed by atoms with Crippen molar-refractivity contribution in [2.45, 2.75) is 39.0 Å². The Bertz CT molecular complexity index is 519. The fourth-order valence-corrected chi connectivity index (χ4v) is 3.59. The highest BCUT2D eigenvalue weighted by Crippen LogP contribution is 2.47. The van der Waals surface area contributed by atoms with Crippen LogP contribution in [0.3, 0.4) is 0 Å². The van der Waals surface area contributed by atoms with Crippen LogP contribution in [0.25, 0.3) is 0 Å². The summed E-state index contributed by atoms with van der Waals surface area (Å²) in [6.07, 6.45) is 1.06. The molecular weight excluding hydrogens is 256 g/mol. The van der Waals surface area contributed by atoms with E-state index in [1.165, 1.54) is 5.56 Å². The molecule has 1 aromatic rings. The SMILES string of the molecule is CCCN1C(=S)N[C@H]2c3ccccc3O[C@@]1(C)[C@H]2C. The summed E-state index contributed by atoms with van der Waals surface area (Å²) in [7, 11) is 0. The molecule has 2 aliphatic rings. The number of ether oxygens (including phenoxy) is 1. The summed E-state index contributed by atoms with van der Waals surface area (Å²) >= 11 is 5.54. The largest absolute Gasteiger partial charge is 0.467 e. The molecule has 3 nitrogen and oxygen atoms in total. The molecule has 0 amide bonds. The molecule has 2 bridgehead atoms. The third-order valence-electron chi connectivity index (χ3n) is 4.42. The quantitative estimate of drug-likeness (QED) is 0.839. The number of rotatable bonds is 2. The van der Waals surface area contributed by atoms with Crippen LogP contribution < -0.4 is 10.1 Å². The molecule has 2 aliphatic heterocycles. The molecule has 0 aliphatic carbocycles. The molecule has 102 valence electrons. The van der Waals surface area contributed by atoms with Gasteiger partial charge < -0.3 is 15.0 Å². The van der Waals surface area contributed by atoms with Gasteiger partial charge in [-0.25, -0.2) is 0 Å². The lowest BCUT2D eigenvalue weighted by Gasteiger charge is -2.56. The minimum atomic E-state index is -0.350. The van der Waals surface area contributed by atoms with Crippen LogP contribution in [-0.4, -0.2) is 22.3 Å². The molecule has 1 N–H and O–H groups in total. The molecule has 3 rings (SSSR count). The molecule has 1 fully saturated rings. The Labute approximate surface area is 119 Å². The first-order valence-corrected chi connectivity index (χ1v) is 7.35. The smallest absolute Gasteiger partial charge is 0.186 e. The maximum atomic E-state index is 6.34. The topological polar surface area (TPSA) is 24.5 Å². The van der Waals surface area contributed by atoms with Gasteiger partial charge >= 0.3 is 0 Å². The van der Waals surface area contributed by atoms with Crippen LogP contribution >= 0.6 is 12.2 Å². The van der Waals surface area contributed by atoms with Crippen molar-refractivity contribution in [1.29, 1.82) is 0 Å². The van der Waals surface area contributed by atoms with Gasteiger partial charge in [-0.3, -0.25) is 0 Å². The zero-order chi connectivity index (χ0) is 13.6. The van der Waals surface area contributed by atoms with E-state index in [0.717, 1.165) is 23.8 Å².